The summed E-state index contributed by atoms with van der Waals surface area (Å²) >= 11 is 0. The molecule has 0 bridgehead atoms. The molecule has 2 unspecified atom stereocenters. The van der Waals surface area contributed by atoms with Gasteiger partial charge < -0.3 is 20.3 Å². The SMILES string of the molecule is CCCCNC(=O)C(c1ccc(C)c(C)c1)N(C(=O)C(Cc1ccccc1)NC(=O)OC(C)(C)C)C(C)(C)CC. The monoisotopic (exact) mass is 551 g/mol. The highest BCUT2D eigenvalue weighted by molar-refractivity contribution is 5.93. The quantitative estimate of drug-likeness (QED) is 0.298. The fraction of sp³-hybridized carbons (Fsp3) is 0.545. The molecular formula is C33H49N3O4. The van der Waals surface area contributed by atoms with Crippen LogP contribution in [0.2, 0.25) is 0 Å². The number of unbranched alkanes of at least 4 members (excludes halogenated alkanes) is 1. The van der Waals surface area contributed by atoms with Gasteiger partial charge in [0.2, 0.25) is 11.8 Å². The van der Waals surface area contributed by atoms with Gasteiger partial charge in [0.25, 0.3) is 0 Å². The lowest BCUT2D eigenvalue weighted by Crippen LogP contribution is -2.60. The number of alkyl carbamates (subject to hydrolysis) is 1. The van der Waals surface area contributed by atoms with E-state index in [1.807, 2.05) is 83.1 Å². The van der Waals surface area contributed by atoms with E-state index < -0.39 is 29.3 Å². The van der Waals surface area contributed by atoms with Gasteiger partial charge in [-0.2, -0.15) is 0 Å². The molecule has 2 atom stereocenters. The summed E-state index contributed by atoms with van der Waals surface area (Å²) in [6.45, 7) is 17.9. The highest BCUT2D eigenvalue weighted by atomic mass is 16.6. The Balaban J connectivity index is 2.65. The van der Waals surface area contributed by atoms with Crippen LogP contribution in [0, 0.1) is 13.8 Å². The predicted molar refractivity (Wildman–Crippen MR) is 161 cm³/mol. The summed E-state index contributed by atoms with van der Waals surface area (Å²) in [5.41, 5.74) is 2.35. The standard InChI is InChI=1S/C33H49N3O4/c1-10-12-20-34-29(37)28(26-19-18-23(3)24(4)21-26)36(33(8,9)11-2)30(38)27(22-25-16-14-13-15-17-25)35-31(39)40-32(5,6)7/h13-19,21,27-28H,10-12,20,22H2,1-9H3,(H,34,37)(H,35,39). The molecule has 0 spiro atoms. The second kappa shape index (κ2) is 14.3. The van der Waals surface area contributed by atoms with Crippen molar-refractivity contribution in [3.05, 3.63) is 70.8 Å². The first kappa shape index (κ1) is 32.9. The molecule has 0 heterocycles. The summed E-state index contributed by atoms with van der Waals surface area (Å²) in [4.78, 5) is 43.2. The molecule has 0 radical (unpaired) electrons. The molecule has 0 aliphatic carbocycles. The Bertz CT molecular complexity index is 1140. The Morgan fingerprint density at radius 3 is 2.12 bits per heavy atom. The summed E-state index contributed by atoms with van der Waals surface area (Å²) in [5, 5.41) is 5.90. The van der Waals surface area contributed by atoms with Crippen molar-refractivity contribution in [2.24, 2.45) is 0 Å². The first-order valence-electron chi connectivity index (χ1n) is 14.4. The third-order valence-electron chi connectivity index (χ3n) is 7.21. The number of benzene rings is 2. The minimum atomic E-state index is -0.944. The Morgan fingerprint density at radius 2 is 1.57 bits per heavy atom. The zero-order valence-electron chi connectivity index (χ0n) is 25.9. The second-order valence-electron chi connectivity index (χ2n) is 12.2. The Kier molecular flexibility index (Phi) is 11.8. The van der Waals surface area contributed by atoms with Crippen LogP contribution in [0.1, 0.15) is 96.0 Å². The van der Waals surface area contributed by atoms with E-state index in [2.05, 4.69) is 17.6 Å². The highest BCUT2D eigenvalue weighted by Crippen LogP contribution is 2.33. The maximum absolute atomic E-state index is 14.6. The van der Waals surface area contributed by atoms with Crippen LogP contribution in [0.15, 0.2) is 48.5 Å². The smallest absolute Gasteiger partial charge is 0.408 e. The second-order valence-corrected chi connectivity index (χ2v) is 12.2. The van der Waals surface area contributed by atoms with E-state index in [0.717, 1.165) is 35.1 Å². The average Bonchev–Trinajstić information content (AvgIpc) is 2.87. The van der Waals surface area contributed by atoms with Gasteiger partial charge in [0.15, 0.2) is 0 Å². The van der Waals surface area contributed by atoms with Gasteiger partial charge in [-0.05, 0) is 83.6 Å². The van der Waals surface area contributed by atoms with Crippen molar-refractivity contribution in [2.75, 3.05) is 6.54 Å². The molecule has 0 aromatic heterocycles. The summed E-state index contributed by atoms with van der Waals surface area (Å²) < 4.78 is 5.53. The summed E-state index contributed by atoms with van der Waals surface area (Å²) in [6, 6.07) is 13.6. The minimum absolute atomic E-state index is 0.234. The maximum atomic E-state index is 14.6. The number of nitrogens with one attached hydrogen (secondary N) is 2. The van der Waals surface area contributed by atoms with Crippen molar-refractivity contribution in [3.63, 3.8) is 0 Å². The lowest BCUT2D eigenvalue weighted by molar-refractivity contribution is -0.149. The molecule has 2 aromatic carbocycles. The van der Waals surface area contributed by atoms with Crippen molar-refractivity contribution in [1.82, 2.24) is 15.5 Å². The van der Waals surface area contributed by atoms with Crippen molar-refractivity contribution < 1.29 is 19.1 Å². The fourth-order valence-corrected chi connectivity index (χ4v) is 4.45. The normalized spacial score (nSPS) is 13.2. The lowest BCUT2D eigenvalue weighted by atomic mass is 9.90. The van der Waals surface area contributed by atoms with Crippen LogP contribution in [0.3, 0.4) is 0 Å². The zero-order chi connectivity index (χ0) is 30.1. The number of carbonyl (C=O) groups excluding carboxylic acids is 3. The number of aryl methyl sites for hydroxylation is 2. The Hall–Kier alpha value is -3.35. The minimum Gasteiger partial charge on any atom is -0.444 e. The fourth-order valence-electron chi connectivity index (χ4n) is 4.45. The third-order valence-corrected chi connectivity index (χ3v) is 7.21. The van der Waals surface area contributed by atoms with Crippen LogP contribution in [0.4, 0.5) is 4.79 Å². The van der Waals surface area contributed by atoms with Gasteiger partial charge in [0, 0.05) is 18.5 Å². The number of ether oxygens (including phenoxy) is 1. The molecule has 2 rings (SSSR count). The highest BCUT2D eigenvalue weighted by Gasteiger charge is 2.43. The summed E-state index contributed by atoms with van der Waals surface area (Å²) in [5.74, 6) is -0.572. The van der Waals surface area contributed by atoms with Crippen molar-refractivity contribution >= 4 is 17.9 Å². The van der Waals surface area contributed by atoms with Gasteiger partial charge >= 0.3 is 6.09 Å². The first-order chi connectivity index (χ1) is 18.7. The van der Waals surface area contributed by atoms with Gasteiger partial charge in [-0.25, -0.2) is 4.79 Å². The largest absolute Gasteiger partial charge is 0.444 e. The van der Waals surface area contributed by atoms with E-state index in [1.54, 1.807) is 25.7 Å². The van der Waals surface area contributed by atoms with E-state index in [4.69, 9.17) is 4.74 Å². The topological polar surface area (TPSA) is 87.7 Å². The van der Waals surface area contributed by atoms with Crippen LogP contribution in [-0.4, -0.2) is 46.5 Å². The Labute approximate surface area is 241 Å². The molecule has 7 heteroatoms. The molecular weight excluding hydrogens is 502 g/mol. The van der Waals surface area contributed by atoms with Crippen LogP contribution in [0.25, 0.3) is 0 Å². The number of nitrogens with zero attached hydrogens (tertiary/aromatic N) is 1. The van der Waals surface area contributed by atoms with E-state index in [0.29, 0.717) is 13.0 Å². The lowest BCUT2D eigenvalue weighted by Gasteiger charge is -2.44. The van der Waals surface area contributed by atoms with E-state index in [9.17, 15) is 14.4 Å². The van der Waals surface area contributed by atoms with E-state index in [1.165, 1.54) is 0 Å². The van der Waals surface area contributed by atoms with Crippen molar-refractivity contribution in [3.8, 4) is 0 Å². The molecule has 2 N–H and O–H groups in total. The molecule has 40 heavy (non-hydrogen) atoms. The predicted octanol–water partition coefficient (Wildman–Crippen LogP) is 6.41. The van der Waals surface area contributed by atoms with Crippen LogP contribution in [0.5, 0.6) is 0 Å². The van der Waals surface area contributed by atoms with Crippen LogP contribution in [-0.2, 0) is 20.7 Å². The third kappa shape index (κ3) is 9.39. The molecule has 0 aliphatic rings. The van der Waals surface area contributed by atoms with Gasteiger partial charge in [-0.3, -0.25) is 9.59 Å². The molecule has 0 saturated heterocycles. The molecule has 2 aromatic rings. The van der Waals surface area contributed by atoms with Gasteiger partial charge in [-0.1, -0.05) is 68.8 Å². The van der Waals surface area contributed by atoms with Gasteiger partial charge in [-0.15, -0.1) is 0 Å². The van der Waals surface area contributed by atoms with Gasteiger partial charge in [0.1, 0.15) is 17.7 Å². The maximum Gasteiger partial charge on any atom is 0.408 e. The number of hydrogen-bond donors (Lipinski definition) is 2. The first-order valence-corrected chi connectivity index (χ1v) is 14.4. The van der Waals surface area contributed by atoms with Crippen LogP contribution < -0.4 is 10.6 Å². The molecule has 220 valence electrons. The number of carbonyl (C=O) groups is 3. The summed E-state index contributed by atoms with van der Waals surface area (Å²) in [6.07, 6.45) is 1.97. The number of rotatable bonds is 12. The average molecular weight is 552 g/mol. The number of amides is 3. The number of hydrogen-bond acceptors (Lipinski definition) is 4. The van der Waals surface area contributed by atoms with Crippen molar-refractivity contribution in [1.29, 1.82) is 0 Å². The summed E-state index contributed by atoms with van der Waals surface area (Å²) in [7, 11) is 0. The van der Waals surface area contributed by atoms with Gasteiger partial charge in [0.05, 0.1) is 0 Å². The van der Waals surface area contributed by atoms with Crippen molar-refractivity contribution in [2.45, 2.75) is 111 Å². The van der Waals surface area contributed by atoms with Crippen LogP contribution >= 0.6 is 0 Å². The molecule has 7 nitrogen and oxygen atoms in total. The molecule has 3 amide bonds. The molecule has 0 fully saturated rings. The molecule has 0 saturated carbocycles. The zero-order valence-corrected chi connectivity index (χ0v) is 25.9. The molecule has 0 aliphatic heterocycles. The Morgan fingerprint density at radius 1 is 0.925 bits per heavy atom. The van der Waals surface area contributed by atoms with E-state index in [-0.39, 0.29) is 18.2 Å². The van der Waals surface area contributed by atoms with E-state index >= 15 is 0 Å².